The van der Waals surface area contributed by atoms with Gasteiger partial charge in [-0.25, -0.2) is 0 Å². The number of hydrogen-bond acceptors (Lipinski definition) is 9. The van der Waals surface area contributed by atoms with Crippen molar-refractivity contribution in [3.63, 3.8) is 0 Å². The summed E-state index contributed by atoms with van der Waals surface area (Å²) in [5.41, 5.74) is 1.84. The molecule has 4 aromatic rings. The number of aromatic nitrogens is 2. The van der Waals surface area contributed by atoms with Crippen molar-refractivity contribution in [2.75, 3.05) is 31.2 Å². The van der Waals surface area contributed by atoms with Crippen LogP contribution >= 0.6 is 0 Å². The van der Waals surface area contributed by atoms with Gasteiger partial charge in [-0.3, -0.25) is 4.57 Å². The first-order valence-electron chi connectivity index (χ1n) is 15.2. The van der Waals surface area contributed by atoms with Crippen LogP contribution in [0.25, 0.3) is 0 Å². The molecule has 1 saturated heterocycles. The molecule has 0 saturated carbocycles. The van der Waals surface area contributed by atoms with E-state index in [-0.39, 0.29) is 30.3 Å². The molecule has 11 nitrogen and oxygen atoms in total. The molecule has 3 aromatic carbocycles. The Hall–Kier alpha value is -5.14. The van der Waals surface area contributed by atoms with E-state index in [4.69, 9.17) is 18.9 Å². The summed E-state index contributed by atoms with van der Waals surface area (Å²) < 4.78 is 66.0. The van der Waals surface area contributed by atoms with E-state index in [1.54, 1.807) is 16.7 Å². The summed E-state index contributed by atoms with van der Waals surface area (Å²) in [4.78, 5) is 16.7. The smallest absolute Gasteiger partial charge is 0.493 e. The number of anilines is 1. The van der Waals surface area contributed by atoms with Gasteiger partial charge in [-0.15, -0.1) is 13.2 Å². The van der Waals surface area contributed by atoms with Gasteiger partial charge in [-0.05, 0) is 89.9 Å². The Morgan fingerprint density at radius 1 is 0.809 bits per heavy atom. The van der Waals surface area contributed by atoms with E-state index in [1.165, 1.54) is 30.5 Å². The molecule has 0 bridgehead atoms. The molecule has 0 aliphatic carbocycles. The predicted molar refractivity (Wildman–Crippen MR) is 164 cm³/mol. The summed E-state index contributed by atoms with van der Waals surface area (Å²) in [5.74, 6) is 2.04. The van der Waals surface area contributed by atoms with E-state index in [9.17, 15) is 23.3 Å². The third-order valence-corrected chi connectivity index (χ3v) is 8.00. The van der Waals surface area contributed by atoms with Gasteiger partial charge in [-0.2, -0.15) is 0 Å². The highest BCUT2D eigenvalue weighted by molar-refractivity contribution is 5.49. The van der Waals surface area contributed by atoms with Gasteiger partial charge < -0.3 is 38.7 Å². The number of fused-ring (bicyclic) bond motifs is 1. The van der Waals surface area contributed by atoms with Crippen molar-refractivity contribution in [2.24, 2.45) is 5.92 Å². The minimum atomic E-state index is -4.72. The monoisotopic (exact) mass is 654 g/mol. The molecule has 0 spiro atoms. The van der Waals surface area contributed by atoms with Crippen LogP contribution in [0.15, 0.2) is 79.0 Å². The van der Waals surface area contributed by atoms with E-state index in [2.05, 4.69) is 14.6 Å². The molecule has 0 amide bonds. The van der Waals surface area contributed by atoms with Gasteiger partial charge in [0, 0.05) is 36.7 Å². The summed E-state index contributed by atoms with van der Waals surface area (Å²) in [6.07, 6.45) is -0.899. The number of hydrogen-bond donors (Lipinski definition) is 0. The predicted octanol–water partition coefficient (Wildman–Crippen LogP) is 6.79. The van der Waals surface area contributed by atoms with Crippen molar-refractivity contribution in [1.29, 1.82) is 0 Å². The molecule has 6 rings (SSSR count). The van der Waals surface area contributed by atoms with E-state index in [0.717, 1.165) is 43.1 Å². The maximum atomic E-state index is 12.3. The summed E-state index contributed by atoms with van der Waals surface area (Å²) in [7, 11) is 0. The zero-order valence-corrected chi connectivity index (χ0v) is 25.3. The average Bonchev–Trinajstić information content (AvgIpc) is 3.51. The highest BCUT2D eigenvalue weighted by Gasteiger charge is 2.31. The third-order valence-electron chi connectivity index (χ3n) is 8.00. The lowest BCUT2D eigenvalue weighted by molar-refractivity contribution is -0.389. The lowest BCUT2D eigenvalue weighted by Gasteiger charge is -2.33. The number of rotatable bonds is 12. The number of aryl methyl sites for hydroxylation is 1. The minimum absolute atomic E-state index is 0.208. The molecule has 2 aliphatic rings. The first-order valence-corrected chi connectivity index (χ1v) is 15.2. The van der Waals surface area contributed by atoms with Crippen molar-refractivity contribution in [3.05, 3.63) is 94.7 Å². The molecule has 0 N–H and O–H groups in total. The summed E-state index contributed by atoms with van der Waals surface area (Å²) in [6.45, 7) is 3.56. The fraction of sp³-hybridized carbons (Fsp3) is 0.364. The zero-order valence-electron chi connectivity index (χ0n) is 25.3. The topological polar surface area (TPSA) is 110 Å². The molecule has 0 radical (unpaired) electrons. The van der Waals surface area contributed by atoms with Gasteiger partial charge in [0.05, 0.1) is 6.61 Å². The first-order chi connectivity index (χ1) is 22.7. The highest BCUT2D eigenvalue weighted by Crippen LogP contribution is 2.29. The Kier molecular flexibility index (Phi) is 9.55. The van der Waals surface area contributed by atoms with Crippen LogP contribution in [0.4, 0.5) is 24.7 Å². The number of nitrogens with zero attached hydrogens (tertiary/aromatic N) is 4. The third kappa shape index (κ3) is 8.77. The van der Waals surface area contributed by atoms with Crippen LogP contribution in [0.2, 0.25) is 0 Å². The quantitative estimate of drug-likeness (QED) is 0.120. The van der Waals surface area contributed by atoms with E-state index in [1.807, 2.05) is 36.4 Å². The summed E-state index contributed by atoms with van der Waals surface area (Å²) >= 11 is 0. The molecule has 47 heavy (non-hydrogen) atoms. The molecule has 3 heterocycles. The number of ether oxygens (including phenoxy) is 5. The largest absolute Gasteiger partial charge is 0.573 e. The van der Waals surface area contributed by atoms with E-state index in [0.29, 0.717) is 43.4 Å². The van der Waals surface area contributed by atoms with Crippen LogP contribution in [0, 0.1) is 16.0 Å². The van der Waals surface area contributed by atoms with Crippen LogP contribution in [-0.4, -0.2) is 53.2 Å². The standard InChI is InChI=1S/C33H33F3N4O7/c34-33(35,36)47-29-5-1-23(2-6-29)20-43-27-9-11-28(12-10-27)44-21-24-13-16-38(17-14-24)25-3-7-26(8-4-25)45-22-30-15-18-39-19-31(40(41)42)37-32(39)46-30/h1-12,19,24,30H,13-18,20-22H2/t30-/m0/s1. The second-order valence-corrected chi connectivity index (χ2v) is 11.4. The fourth-order valence-corrected chi connectivity index (χ4v) is 5.44. The van der Waals surface area contributed by atoms with Gasteiger partial charge in [0.1, 0.15) is 48.5 Å². The lowest BCUT2D eigenvalue weighted by atomic mass is 9.97. The molecule has 1 fully saturated rings. The Labute approximate surface area is 268 Å². The van der Waals surface area contributed by atoms with Crippen molar-refractivity contribution in [2.45, 2.75) is 44.9 Å². The molecule has 2 aliphatic heterocycles. The lowest BCUT2D eigenvalue weighted by Crippen LogP contribution is -2.35. The van der Waals surface area contributed by atoms with Crippen LogP contribution in [0.1, 0.15) is 24.8 Å². The Balaban J connectivity index is 0.883. The van der Waals surface area contributed by atoms with Crippen molar-refractivity contribution in [1.82, 2.24) is 9.55 Å². The average molecular weight is 655 g/mol. The van der Waals surface area contributed by atoms with Gasteiger partial charge >= 0.3 is 18.2 Å². The van der Waals surface area contributed by atoms with Crippen LogP contribution < -0.4 is 28.6 Å². The minimum Gasteiger partial charge on any atom is -0.493 e. The number of alkyl halides is 3. The molecule has 1 atom stereocenters. The van der Waals surface area contributed by atoms with Crippen LogP contribution in [-0.2, 0) is 13.2 Å². The molecular weight excluding hydrogens is 621 g/mol. The van der Waals surface area contributed by atoms with Crippen molar-refractivity contribution < 1.29 is 41.8 Å². The SMILES string of the molecule is O=[N+]([O-])c1cn2c(n1)O[C@H](COc1ccc(N3CCC(COc4ccc(OCc5ccc(OC(F)(F)F)cc5)cc4)CC3)cc1)CC2. The molecule has 0 unspecified atom stereocenters. The zero-order chi connectivity index (χ0) is 32.8. The van der Waals surface area contributed by atoms with Crippen molar-refractivity contribution >= 4 is 11.5 Å². The highest BCUT2D eigenvalue weighted by atomic mass is 19.4. The summed E-state index contributed by atoms with van der Waals surface area (Å²) in [6, 6.07) is 21.1. The van der Waals surface area contributed by atoms with Gasteiger partial charge in [-0.1, -0.05) is 12.1 Å². The maximum Gasteiger partial charge on any atom is 0.573 e. The number of benzene rings is 3. The van der Waals surface area contributed by atoms with E-state index >= 15 is 0 Å². The molecule has 248 valence electrons. The van der Waals surface area contributed by atoms with Crippen LogP contribution in [0.5, 0.6) is 29.0 Å². The fourth-order valence-electron chi connectivity index (χ4n) is 5.44. The second kappa shape index (κ2) is 14.1. The Bertz CT molecular complexity index is 1620. The Morgan fingerprint density at radius 2 is 1.40 bits per heavy atom. The Morgan fingerprint density at radius 3 is 2.04 bits per heavy atom. The van der Waals surface area contributed by atoms with Gasteiger partial charge in [0.25, 0.3) is 0 Å². The van der Waals surface area contributed by atoms with Gasteiger partial charge in [0.2, 0.25) is 0 Å². The number of imidazole rings is 1. The maximum absolute atomic E-state index is 12.3. The molecule has 1 aromatic heterocycles. The normalized spacial score (nSPS) is 16.6. The number of halogens is 3. The molecule has 14 heteroatoms. The number of nitro groups is 1. The van der Waals surface area contributed by atoms with Gasteiger partial charge in [0.15, 0.2) is 0 Å². The summed E-state index contributed by atoms with van der Waals surface area (Å²) in [5, 5.41) is 11.0. The second-order valence-electron chi connectivity index (χ2n) is 11.4. The van der Waals surface area contributed by atoms with E-state index < -0.39 is 11.3 Å². The first kappa shape index (κ1) is 31.8. The van der Waals surface area contributed by atoms with Crippen LogP contribution in [0.3, 0.4) is 0 Å². The molecular formula is C33H33F3N4O7. The van der Waals surface area contributed by atoms with Crippen molar-refractivity contribution in [3.8, 4) is 29.0 Å². The number of piperidine rings is 1.